The van der Waals surface area contributed by atoms with Gasteiger partial charge in [0.05, 0.1) is 18.9 Å². The molecule has 1 aliphatic heterocycles. The van der Waals surface area contributed by atoms with Gasteiger partial charge < -0.3 is 19.9 Å². The van der Waals surface area contributed by atoms with Crippen molar-refractivity contribution in [1.82, 2.24) is 9.97 Å². The Morgan fingerprint density at radius 2 is 1.92 bits per heavy atom. The van der Waals surface area contributed by atoms with Gasteiger partial charge in [-0.05, 0) is 31.4 Å². The Morgan fingerprint density at radius 3 is 2.62 bits per heavy atom. The van der Waals surface area contributed by atoms with Crippen molar-refractivity contribution in [3.8, 4) is 5.75 Å². The van der Waals surface area contributed by atoms with E-state index in [4.69, 9.17) is 4.74 Å². The van der Waals surface area contributed by atoms with Gasteiger partial charge in [0.25, 0.3) is 5.91 Å². The summed E-state index contributed by atoms with van der Waals surface area (Å²) in [6, 6.07) is 7.13. The lowest BCUT2D eigenvalue weighted by Gasteiger charge is -2.28. The van der Waals surface area contributed by atoms with E-state index in [2.05, 4.69) is 20.2 Å². The molecule has 2 aromatic rings. The zero-order chi connectivity index (χ0) is 18.5. The topological polar surface area (TPSA) is 70.6 Å². The third kappa shape index (κ3) is 3.87. The average Bonchev–Trinajstić information content (AvgIpc) is 2.68. The molecule has 1 amide bonds. The van der Waals surface area contributed by atoms with E-state index in [1.165, 1.54) is 6.42 Å². The Kier molecular flexibility index (Phi) is 5.55. The monoisotopic (exact) mass is 355 g/mol. The summed E-state index contributed by atoms with van der Waals surface area (Å²) in [4.78, 5) is 25.9. The summed E-state index contributed by atoms with van der Waals surface area (Å²) in [5, 5.41) is 2.91. The minimum Gasteiger partial charge on any atom is -0.496 e. The van der Waals surface area contributed by atoms with Gasteiger partial charge in [0.15, 0.2) is 5.82 Å². The second kappa shape index (κ2) is 8.03. The molecule has 1 fully saturated rings. The highest BCUT2D eigenvalue weighted by Gasteiger charge is 2.19. The number of rotatable bonds is 5. The van der Waals surface area contributed by atoms with E-state index in [0.717, 1.165) is 25.9 Å². The molecule has 1 aliphatic rings. The van der Waals surface area contributed by atoms with Crippen LogP contribution in [0.15, 0.2) is 30.5 Å². The van der Waals surface area contributed by atoms with Gasteiger partial charge in [0.1, 0.15) is 11.4 Å². The highest BCUT2D eigenvalue weighted by molar-refractivity contribution is 6.07. The van der Waals surface area contributed by atoms with Gasteiger partial charge in [-0.25, -0.2) is 4.98 Å². The van der Waals surface area contributed by atoms with Gasteiger partial charge >= 0.3 is 0 Å². The number of anilines is 3. The second-order valence-corrected chi connectivity index (χ2v) is 6.50. The number of carbonyl (C=O) groups is 1. The molecule has 0 spiro atoms. The van der Waals surface area contributed by atoms with Gasteiger partial charge in [-0.3, -0.25) is 4.79 Å². The number of hydrogen-bond donors (Lipinski definition) is 1. The molecule has 1 N–H and O–H groups in total. The Balaban J connectivity index is 1.86. The number of para-hydroxylation sites is 1. The van der Waals surface area contributed by atoms with Crippen molar-refractivity contribution in [3.05, 3.63) is 36.0 Å². The van der Waals surface area contributed by atoms with Crippen LogP contribution in [0.4, 0.5) is 17.5 Å². The minimum atomic E-state index is -0.250. The van der Waals surface area contributed by atoms with Crippen LogP contribution in [0.25, 0.3) is 0 Å². The van der Waals surface area contributed by atoms with Crippen molar-refractivity contribution in [3.63, 3.8) is 0 Å². The number of hydrogen-bond acceptors (Lipinski definition) is 6. The van der Waals surface area contributed by atoms with Crippen LogP contribution >= 0.6 is 0 Å². The van der Waals surface area contributed by atoms with Crippen LogP contribution < -0.4 is 19.9 Å². The molecule has 1 aromatic carbocycles. The van der Waals surface area contributed by atoms with Gasteiger partial charge in [0, 0.05) is 27.2 Å². The first-order valence-electron chi connectivity index (χ1n) is 8.84. The SMILES string of the molecule is COc1ccccc1C(=O)Nc1cnc(N2CCCCC2)nc1N(C)C. The highest BCUT2D eigenvalue weighted by atomic mass is 16.5. The molecular formula is C19H25N5O2. The summed E-state index contributed by atoms with van der Waals surface area (Å²) in [6.45, 7) is 1.94. The summed E-state index contributed by atoms with van der Waals surface area (Å²) in [5.74, 6) is 1.68. The highest BCUT2D eigenvalue weighted by Crippen LogP contribution is 2.27. The molecule has 2 heterocycles. The molecular weight excluding hydrogens is 330 g/mol. The molecule has 1 saturated heterocycles. The molecule has 0 atom stereocenters. The molecule has 0 unspecified atom stereocenters. The molecule has 0 saturated carbocycles. The summed E-state index contributed by atoms with van der Waals surface area (Å²) in [5.41, 5.74) is 1.05. The first kappa shape index (κ1) is 18.0. The van der Waals surface area contributed by atoms with Crippen LogP contribution in [-0.4, -0.2) is 50.2 Å². The number of ether oxygens (including phenoxy) is 1. The fourth-order valence-corrected chi connectivity index (χ4v) is 3.06. The van der Waals surface area contributed by atoms with Crippen LogP contribution in [0.5, 0.6) is 5.75 Å². The van der Waals surface area contributed by atoms with Crippen molar-refractivity contribution < 1.29 is 9.53 Å². The van der Waals surface area contributed by atoms with E-state index in [9.17, 15) is 4.79 Å². The number of carbonyl (C=O) groups excluding carboxylic acids is 1. The maximum atomic E-state index is 12.7. The van der Waals surface area contributed by atoms with Crippen molar-refractivity contribution in [1.29, 1.82) is 0 Å². The summed E-state index contributed by atoms with van der Waals surface area (Å²) in [6.07, 6.45) is 5.25. The van der Waals surface area contributed by atoms with E-state index in [1.54, 1.807) is 31.5 Å². The number of methoxy groups -OCH3 is 1. The van der Waals surface area contributed by atoms with Crippen molar-refractivity contribution in [2.75, 3.05) is 49.4 Å². The van der Waals surface area contributed by atoms with Gasteiger partial charge in [-0.1, -0.05) is 12.1 Å². The summed E-state index contributed by atoms with van der Waals surface area (Å²) in [7, 11) is 5.36. The quantitative estimate of drug-likeness (QED) is 0.889. The first-order chi connectivity index (χ1) is 12.6. The maximum absolute atomic E-state index is 12.7. The van der Waals surface area contributed by atoms with Gasteiger partial charge in [-0.15, -0.1) is 0 Å². The number of amides is 1. The van der Waals surface area contributed by atoms with Gasteiger partial charge in [0.2, 0.25) is 5.95 Å². The Hall–Kier alpha value is -2.83. The van der Waals surface area contributed by atoms with Crippen LogP contribution in [0, 0.1) is 0 Å². The minimum absolute atomic E-state index is 0.250. The molecule has 138 valence electrons. The number of nitrogens with zero attached hydrogens (tertiary/aromatic N) is 4. The number of nitrogens with one attached hydrogen (secondary N) is 1. The zero-order valence-electron chi connectivity index (χ0n) is 15.5. The molecule has 3 rings (SSSR count). The lowest BCUT2D eigenvalue weighted by Crippen LogP contribution is -2.31. The second-order valence-electron chi connectivity index (χ2n) is 6.50. The fourth-order valence-electron chi connectivity index (χ4n) is 3.06. The molecule has 0 bridgehead atoms. The summed E-state index contributed by atoms with van der Waals surface area (Å²) < 4.78 is 5.27. The molecule has 1 aromatic heterocycles. The Morgan fingerprint density at radius 1 is 1.19 bits per heavy atom. The molecule has 26 heavy (non-hydrogen) atoms. The molecule has 0 radical (unpaired) electrons. The zero-order valence-corrected chi connectivity index (χ0v) is 15.5. The third-order valence-electron chi connectivity index (χ3n) is 4.42. The molecule has 7 nitrogen and oxygen atoms in total. The van der Waals surface area contributed by atoms with Crippen LogP contribution in [0.2, 0.25) is 0 Å². The Labute approximate surface area is 154 Å². The Bertz CT molecular complexity index is 772. The predicted octanol–water partition coefficient (Wildman–Crippen LogP) is 2.79. The van der Waals surface area contributed by atoms with E-state index in [1.807, 2.05) is 25.1 Å². The van der Waals surface area contributed by atoms with E-state index >= 15 is 0 Å². The largest absolute Gasteiger partial charge is 0.496 e. The fraction of sp³-hybridized carbons (Fsp3) is 0.421. The van der Waals surface area contributed by atoms with E-state index < -0.39 is 0 Å². The molecule has 7 heteroatoms. The van der Waals surface area contributed by atoms with E-state index in [-0.39, 0.29) is 5.91 Å². The first-order valence-corrected chi connectivity index (χ1v) is 8.84. The lowest BCUT2D eigenvalue weighted by molar-refractivity contribution is 0.102. The summed E-state index contributed by atoms with van der Waals surface area (Å²) >= 11 is 0. The molecule has 0 aliphatic carbocycles. The van der Waals surface area contributed by atoms with Gasteiger partial charge in [-0.2, -0.15) is 4.98 Å². The third-order valence-corrected chi connectivity index (χ3v) is 4.42. The number of aromatic nitrogens is 2. The van der Waals surface area contributed by atoms with Crippen molar-refractivity contribution in [2.45, 2.75) is 19.3 Å². The standard InChI is InChI=1S/C19H25N5O2/c1-23(2)17-15(13-20-19(22-17)24-11-7-4-8-12-24)21-18(25)14-9-5-6-10-16(14)26-3/h5-6,9-10,13H,4,7-8,11-12H2,1-3H3,(H,21,25). The maximum Gasteiger partial charge on any atom is 0.259 e. The number of benzene rings is 1. The van der Waals surface area contributed by atoms with Crippen LogP contribution in [-0.2, 0) is 0 Å². The lowest BCUT2D eigenvalue weighted by atomic mass is 10.1. The van der Waals surface area contributed by atoms with Crippen LogP contribution in [0.3, 0.4) is 0 Å². The smallest absolute Gasteiger partial charge is 0.259 e. The number of piperidine rings is 1. The van der Waals surface area contributed by atoms with Crippen molar-refractivity contribution >= 4 is 23.4 Å². The van der Waals surface area contributed by atoms with Crippen LogP contribution in [0.1, 0.15) is 29.6 Å². The predicted molar refractivity (Wildman–Crippen MR) is 103 cm³/mol. The van der Waals surface area contributed by atoms with E-state index in [0.29, 0.717) is 28.8 Å². The van der Waals surface area contributed by atoms with Crippen molar-refractivity contribution in [2.24, 2.45) is 0 Å². The normalized spacial score (nSPS) is 14.0. The average molecular weight is 355 g/mol.